The fraction of sp³-hybridized carbons (Fsp3) is 0.350. The molecule has 0 N–H and O–H groups in total. The summed E-state index contributed by atoms with van der Waals surface area (Å²) in [5, 5.41) is 9.23. The molecule has 1 atom stereocenters. The second kappa shape index (κ2) is 8.00. The van der Waals surface area contributed by atoms with Crippen LogP contribution in [-0.4, -0.2) is 43.9 Å². The Morgan fingerprint density at radius 3 is 2.63 bits per heavy atom. The molecule has 1 aliphatic heterocycles. The molecule has 140 valence electrons. The monoisotopic (exact) mass is 382 g/mol. The van der Waals surface area contributed by atoms with Gasteiger partial charge in [0.1, 0.15) is 0 Å². The van der Waals surface area contributed by atoms with Crippen molar-refractivity contribution in [2.24, 2.45) is 0 Å². The van der Waals surface area contributed by atoms with Gasteiger partial charge in [0.2, 0.25) is 11.7 Å². The molecule has 0 radical (unpaired) electrons. The van der Waals surface area contributed by atoms with E-state index < -0.39 is 0 Å². The van der Waals surface area contributed by atoms with Crippen LogP contribution in [0.5, 0.6) is 0 Å². The number of hydrogen-bond donors (Lipinski definition) is 0. The second-order valence-corrected chi connectivity index (χ2v) is 7.96. The van der Waals surface area contributed by atoms with E-state index in [1.807, 2.05) is 46.7 Å². The van der Waals surface area contributed by atoms with Crippen LogP contribution in [0.1, 0.15) is 25.3 Å². The number of amides is 1. The lowest BCUT2D eigenvalue weighted by atomic mass is 10.2. The number of likely N-dealkylation sites (tertiary alicyclic amines) is 1. The molecule has 1 amide bonds. The molecule has 0 aliphatic carbocycles. The molecule has 1 aromatic carbocycles. The van der Waals surface area contributed by atoms with Crippen molar-refractivity contribution in [2.45, 2.75) is 36.7 Å². The fourth-order valence-electron chi connectivity index (χ4n) is 3.28. The molecular formula is C20H22N4O2S. The highest BCUT2D eigenvalue weighted by molar-refractivity contribution is 8.00. The average molecular weight is 382 g/mol. The highest BCUT2D eigenvalue weighted by Gasteiger charge is 2.26. The molecule has 0 saturated carbocycles. The summed E-state index contributed by atoms with van der Waals surface area (Å²) in [6.07, 6.45) is 3.81. The molecular weight excluding hydrogens is 360 g/mol. The molecule has 1 fully saturated rings. The van der Waals surface area contributed by atoms with Crippen molar-refractivity contribution >= 4 is 17.7 Å². The van der Waals surface area contributed by atoms with Crippen LogP contribution >= 0.6 is 11.8 Å². The van der Waals surface area contributed by atoms with Crippen molar-refractivity contribution < 1.29 is 9.21 Å². The predicted molar refractivity (Wildman–Crippen MR) is 104 cm³/mol. The molecule has 0 spiro atoms. The molecule has 27 heavy (non-hydrogen) atoms. The smallest absolute Gasteiger partial charge is 0.235 e. The fourth-order valence-corrected chi connectivity index (χ4v) is 4.21. The maximum Gasteiger partial charge on any atom is 0.235 e. The number of rotatable bonds is 6. The third-order valence-corrected chi connectivity index (χ3v) is 5.76. The molecule has 1 saturated heterocycles. The van der Waals surface area contributed by atoms with Gasteiger partial charge in [0, 0.05) is 13.1 Å². The lowest BCUT2D eigenvalue weighted by molar-refractivity contribution is -0.129. The molecule has 0 bridgehead atoms. The standard InChI is InChI=1S/C20H22N4O2S/c1-15(19(25)23-11-5-6-12-23)27-20-22-21-18(17-10-7-13-26-17)24(20)14-16-8-3-2-4-9-16/h2-4,7-10,13,15H,5-6,11-12,14H2,1H3. The molecule has 7 heteroatoms. The van der Waals surface area contributed by atoms with Gasteiger partial charge in [0.25, 0.3) is 0 Å². The van der Waals surface area contributed by atoms with E-state index in [-0.39, 0.29) is 11.2 Å². The van der Waals surface area contributed by atoms with Crippen LogP contribution in [0.15, 0.2) is 58.3 Å². The number of carbonyl (C=O) groups is 1. The summed E-state index contributed by atoms with van der Waals surface area (Å²) in [6, 6.07) is 13.9. The van der Waals surface area contributed by atoms with Gasteiger partial charge in [-0.2, -0.15) is 0 Å². The van der Waals surface area contributed by atoms with Gasteiger partial charge in [-0.15, -0.1) is 10.2 Å². The zero-order valence-corrected chi connectivity index (χ0v) is 16.1. The van der Waals surface area contributed by atoms with Gasteiger partial charge in [-0.3, -0.25) is 9.36 Å². The third-order valence-electron chi connectivity index (χ3n) is 4.69. The van der Waals surface area contributed by atoms with Gasteiger partial charge >= 0.3 is 0 Å². The number of carbonyl (C=O) groups excluding carboxylic acids is 1. The van der Waals surface area contributed by atoms with Crippen LogP contribution < -0.4 is 0 Å². The number of furan rings is 1. The number of thioether (sulfide) groups is 1. The maximum absolute atomic E-state index is 12.7. The van der Waals surface area contributed by atoms with Crippen LogP contribution in [0.25, 0.3) is 11.6 Å². The lowest BCUT2D eigenvalue weighted by Crippen LogP contribution is -2.34. The second-order valence-electron chi connectivity index (χ2n) is 6.65. The van der Waals surface area contributed by atoms with E-state index in [2.05, 4.69) is 22.3 Å². The SMILES string of the molecule is CC(Sc1nnc(-c2ccco2)n1Cc1ccccc1)C(=O)N1CCCC1. The van der Waals surface area contributed by atoms with Gasteiger partial charge in [-0.05, 0) is 37.5 Å². The van der Waals surface area contributed by atoms with Crippen LogP contribution in [0.3, 0.4) is 0 Å². The summed E-state index contributed by atoms with van der Waals surface area (Å²) in [5.74, 6) is 1.52. The van der Waals surface area contributed by atoms with E-state index in [0.717, 1.165) is 36.7 Å². The minimum absolute atomic E-state index is 0.173. The van der Waals surface area contributed by atoms with E-state index in [4.69, 9.17) is 4.42 Å². The average Bonchev–Trinajstić information content (AvgIpc) is 3.45. The summed E-state index contributed by atoms with van der Waals surface area (Å²) >= 11 is 1.46. The maximum atomic E-state index is 12.7. The zero-order chi connectivity index (χ0) is 18.6. The van der Waals surface area contributed by atoms with E-state index >= 15 is 0 Å². The van der Waals surface area contributed by atoms with Crippen LogP contribution in [0, 0.1) is 0 Å². The molecule has 1 unspecified atom stereocenters. The lowest BCUT2D eigenvalue weighted by Gasteiger charge is -2.20. The van der Waals surface area contributed by atoms with Crippen molar-refractivity contribution in [1.29, 1.82) is 0 Å². The minimum Gasteiger partial charge on any atom is -0.461 e. The van der Waals surface area contributed by atoms with Crippen LogP contribution in [0.4, 0.5) is 0 Å². The Hall–Kier alpha value is -2.54. The van der Waals surface area contributed by atoms with E-state index in [1.54, 1.807) is 6.26 Å². The molecule has 1 aliphatic rings. The van der Waals surface area contributed by atoms with E-state index in [0.29, 0.717) is 18.1 Å². The first kappa shape index (κ1) is 17.9. The van der Waals surface area contributed by atoms with Gasteiger partial charge in [-0.25, -0.2) is 0 Å². The first-order valence-corrected chi connectivity index (χ1v) is 10.1. The number of aromatic nitrogens is 3. The summed E-state index contributed by atoms with van der Waals surface area (Å²) in [4.78, 5) is 14.6. The first-order chi connectivity index (χ1) is 13.2. The quantitative estimate of drug-likeness (QED) is 0.609. The van der Waals surface area contributed by atoms with Crippen molar-refractivity contribution in [1.82, 2.24) is 19.7 Å². The van der Waals surface area contributed by atoms with Gasteiger partial charge < -0.3 is 9.32 Å². The van der Waals surface area contributed by atoms with Gasteiger partial charge in [0.05, 0.1) is 18.1 Å². The largest absolute Gasteiger partial charge is 0.461 e. The summed E-state index contributed by atoms with van der Waals surface area (Å²) in [6.45, 7) is 4.28. The third kappa shape index (κ3) is 3.93. The highest BCUT2D eigenvalue weighted by atomic mass is 32.2. The molecule has 2 aromatic heterocycles. The van der Waals surface area contributed by atoms with Gasteiger partial charge in [0.15, 0.2) is 10.9 Å². The van der Waals surface area contributed by atoms with Crippen molar-refractivity contribution in [3.63, 3.8) is 0 Å². The van der Waals surface area contributed by atoms with E-state index in [1.165, 1.54) is 11.8 Å². The van der Waals surface area contributed by atoms with Crippen molar-refractivity contribution in [3.05, 3.63) is 54.3 Å². The van der Waals surface area contributed by atoms with Crippen molar-refractivity contribution in [2.75, 3.05) is 13.1 Å². The topological polar surface area (TPSA) is 64.2 Å². The summed E-state index contributed by atoms with van der Waals surface area (Å²) in [7, 11) is 0. The molecule has 4 rings (SSSR count). The van der Waals surface area contributed by atoms with Crippen LogP contribution in [0.2, 0.25) is 0 Å². The number of hydrogen-bond acceptors (Lipinski definition) is 5. The first-order valence-electron chi connectivity index (χ1n) is 9.19. The Morgan fingerprint density at radius 1 is 1.15 bits per heavy atom. The summed E-state index contributed by atoms with van der Waals surface area (Å²) in [5.41, 5.74) is 1.14. The normalized spacial score (nSPS) is 15.2. The Kier molecular flexibility index (Phi) is 5.29. The predicted octanol–water partition coefficient (Wildman–Crippen LogP) is 3.69. The highest BCUT2D eigenvalue weighted by Crippen LogP contribution is 2.29. The minimum atomic E-state index is -0.203. The Labute approximate surface area is 162 Å². The zero-order valence-electron chi connectivity index (χ0n) is 15.2. The Morgan fingerprint density at radius 2 is 1.93 bits per heavy atom. The summed E-state index contributed by atoms with van der Waals surface area (Å²) < 4.78 is 7.56. The van der Waals surface area contributed by atoms with Crippen molar-refractivity contribution in [3.8, 4) is 11.6 Å². The van der Waals surface area contributed by atoms with Gasteiger partial charge in [-0.1, -0.05) is 42.1 Å². The van der Waals surface area contributed by atoms with Crippen LogP contribution in [-0.2, 0) is 11.3 Å². The number of benzene rings is 1. The molecule has 6 nitrogen and oxygen atoms in total. The Balaban J connectivity index is 1.60. The Bertz CT molecular complexity index is 886. The molecule has 3 heterocycles. The van der Waals surface area contributed by atoms with E-state index in [9.17, 15) is 4.79 Å². The molecule has 3 aromatic rings. The number of nitrogens with zero attached hydrogens (tertiary/aromatic N) is 4.